The first kappa shape index (κ1) is 14.0. The summed E-state index contributed by atoms with van der Waals surface area (Å²) in [5, 5.41) is 7.16. The molecule has 5 nitrogen and oxygen atoms in total. The summed E-state index contributed by atoms with van der Waals surface area (Å²) < 4.78 is 0.808. The fourth-order valence-electron chi connectivity index (χ4n) is 1.61. The Morgan fingerprint density at radius 1 is 1.53 bits per heavy atom. The lowest BCUT2D eigenvalue weighted by Gasteiger charge is -2.16. The van der Waals surface area contributed by atoms with E-state index in [2.05, 4.69) is 31.1 Å². The monoisotopic (exact) mass is 342 g/mol. The number of rotatable bonds is 3. The smallest absolute Gasteiger partial charge is 0.255 e. The van der Waals surface area contributed by atoms with E-state index in [4.69, 9.17) is 11.6 Å². The van der Waals surface area contributed by atoms with Gasteiger partial charge < -0.3 is 4.90 Å². The van der Waals surface area contributed by atoms with E-state index in [-0.39, 0.29) is 5.91 Å². The molecule has 1 N–H and O–H groups in total. The van der Waals surface area contributed by atoms with Crippen molar-refractivity contribution in [3.05, 3.63) is 44.9 Å². The first-order valence-electron chi connectivity index (χ1n) is 5.56. The molecule has 0 radical (unpaired) electrons. The molecule has 7 heteroatoms. The van der Waals surface area contributed by atoms with E-state index in [1.54, 1.807) is 25.2 Å². The number of aromatic amines is 1. The van der Waals surface area contributed by atoms with Gasteiger partial charge in [0.15, 0.2) is 5.82 Å². The number of hydrogen-bond donors (Lipinski definition) is 1. The number of nitrogens with one attached hydrogen (secondary N) is 1. The summed E-state index contributed by atoms with van der Waals surface area (Å²) in [5.74, 6) is 1.12. The molecule has 1 heterocycles. The van der Waals surface area contributed by atoms with E-state index in [0.29, 0.717) is 23.0 Å². The molecule has 0 fully saturated rings. The number of H-pyrrole nitrogens is 1. The molecular weight excluding hydrogens is 332 g/mol. The fourth-order valence-corrected chi connectivity index (χ4v) is 2.17. The van der Waals surface area contributed by atoms with Crippen molar-refractivity contribution >= 4 is 33.4 Å². The highest BCUT2D eigenvalue weighted by molar-refractivity contribution is 9.10. The van der Waals surface area contributed by atoms with Crippen molar-refractivity contribution in [2.75, 3.05) is 7.05 Å². The number of nitrogens with zero attached hydrogens (tertiary/aromatic N) is 3. The number of carbonyl (C=O) groups is 1. The van der Waals surface area contributed by atoms with E-state index >= 15 is 0 Å². The number of carbonyl (C=O) groups excluding carboxylic acids is 1. The Morgan fingerprint density at radius 3 is 2.89 bits per heavy atom. The second-order valence-electron chi connectivity index (χ2n) is 4.12. The van der Waals surface area contributed by atoms with E-state index < -0.39 is 0 Å². The van der Waals surface area contributed by atoms with Crippen LogP contribution in [-0.4, -0.2) is 33.0 Å². The Labute approximate surface area is 124 Å². The predicted octanol–water partition coefficient (Wildman–Crippen LogP) is 2.80. The van der Waals surface area contributed by atoms with Crippen LogP contribution in [-0.2, 0) is 6.54 Å². The lowest BCUT2D eigenvalue weighted by atomic mass is 10.2. The maximum Gasteiger partial charge on any atom is 0.255 e. The Kier molecular flexibility index (Phi) is 4.21. The van der Waals surface area contributed by atoms with Crippen molar-refractivity contribution in [2.24, 2.45) is 0 Å². The lowest BCUT2D eigenvalue weighted by molar-refractivity contribution is 0.0782. The molecule has 19 heavy (non-hydrogen) atoms. The zero-order valence-corrected chi connectivity index (χ0v) is 12.8. The van der Waals surface area contributed by atoms with Crippen LogP contribution >= 0.6 is 27.5 Å². The molecule has 2 aromatic rings. The third-order valence-corrected chi connectivity index (χ3v) is 3.35. The van der Waals surface area contributed by atoms with Crippen LogP contribution in [0.15, 0.2) is 22.7 Å². The van der Waals surface area contributed by atoms with Gasteiger partial charge in [0, 0.05) is 11.5 Å². The molecule has 1 aromatic heterocycles. The summed E-state index contributed by atoms with van der Waals surface area (Å²) >= 11 is 9.36. The molecule has 100 valence electrons. The molecule has 2 rings (SSSR count). The maximum absolute atomic E-state index is 12.3. The van der Waals surface area contributed by atoms with Crippen molar-refractivity contribution in [2.45, 2.75) is 13.5 Å². The Morgan fingerprint density at radius 2 is 2.26 bits per heavy atom. The normalized spacial score (nSPS) is 10.5. The van der Waals surface area contributed by atoms with Crippen LogP contribution in [0.4, 0.5) is 0 Å². The van der Waals surface area contributed by atoms with Crippen molar-refractivity contribution in [1.82, 2.24) is 20.1 Å². The number of halogens is 2. The summed E-state index contributed by atoms with van der Waals surface area (Å²) in [6, 6.07) is 5.17. The number of benzene rings is 1. The van der Waals surface area contributed by atoms with Crippen LogP contribution in [0, 0.1) is 6.92 Å². The van der Waals surface area contributed by atoms with Crippen LogP contribution in [0.25, 0.3) is 0 Å². The average Bonchev–Trinajstić information content (AvgIpc) is 2.77. The molecule has 0 unspecified atom stereocenters. The van der Waals surface area contributed by atoms with Gasteiger partial charge in [0.1, 0.15) is 5.82 Å². The van der Waals surface area contributed by atoms with Crippen molar-refractivity contribution in [3.8, 4) is 0 Å². The third-order valence-electron chi connectivity index (χ3n) is 2.53. The summed E-state index contributed by atoms with van der Waals surface area (Å²) in [6.07, 6.45) is 0. The minimum atomic E-state index is -0.172. The number of amides is 1. The highest BCUT2D eigenvalue weighted by atomic mass is 79.9. The van der Waals surface area contributed by atoms with E-state index in [1.807, 2.05) is 6.92 Å². The van der Waals surface area contributed by atoms with Gasteiger partial charge in [-0.1, -0.05) is 27.5 Å². The largest absolute Gasteiger partial charge is 0.334 e. The topological polar surface area (TPSA) is 61.9 Å². The van der Waals surface area contributed by atoms with Gasteiger partial charge >= 0.3 is 0 Å². The number of hydrogen-bond acceptors (Lipinski definition) is 3. The molecule has 0 spiro atoms. The predicted molar refractivity (Wildman–Crippen MR) is 76.1 cm³/mol. The molecular formula is C12H12BrClN4O. The van der Waals surface area contributed by atoms with Gasteiger partial charge in [0.05, 0.1) is 17.1 Å². The summed E-state index contributed by atoms with van der Waals surface area (Å²) in [5.41, 5.74) is 0.450. The molecule has 1 aromatic carbocycles. The van der Waals surface area contributed by atoms with Gasteiger partial charge in [0.2, 0.25) is 0 Å². The van der Waals surface area contributed by atoms with Crippen LogP contribution in [0.1, 0.15) is 22.0 Å². The van der Waals surface area contributed by atoms with Crippen molar-refractivity contribution in [3.63, 3.8) is 0 Å². The highest BCUT2D eigenvalue weighted by Gasteiger charge is 2.17. The summed E-state index contributed by atoms with van der Waals surface area (Å²) in [6.45, 7) is 2.13. The van der Waals surface area contributed by atoms with E-state index in [1.165, 1.54) is 4.90 Å². The van der Waals surface area contributed by atoms with Gasteiger partial charge in [-0.25, -0.2) is 4.98 Å². The SMILES string of the molecule is Cc1nc(CN(C)C(=O)c2cc(Br)ccc2Cl)n[nH]1. The first-order chi connectivity index (χ1) is 8.97. The molecule has 0 aliphatic heterocycles. The Hall–Kier alpha value is -1.40. The van der Waals surface area contributed by atoms with Gasteiger partial charge in [-0.05, 0) is 25.1 Å². The summed E-state index contributed by atoms with van der Waals surface area (Å²) in [4.78, 5) is 18.0. The maximum atomic E-state index is 12.3. The molecule has 0 bridgehead atoms. The zero-order valence-electron chi connectivity index (χ0n) is 10.4. The lowest BCUT2D eigenvalue weighted by Crippen LogP contribution is -2.27. The van der Waals surface area contributed by atoms with E-state index in [9.17, 15) is 4.79 Å². The van der Waals surface area contributed by atoms with Crippen LogP contribution in [0.3, 0.4) is 0 Å². The molecule has 0 atom stereocenters. The molecule has 0 aliphatic carbocycles. The molecule has 0 saturated carbocycles. The average molecular weight is 344 g/mol. The quantitative estimate of drug-likeness (QED) is 0.932. The highest BCUT2D eigenvalue weighted by Crippen LogP contribution is 2.22. The van der Waals surface area contributed by atoms with E-state index in [0.717, 1.165) is 10.3 Å². The first-order valence-corrected chi connectivity index (χ1v) is 6.73. The minimum absolute atomic E-state index is 0.172. The van der Waals surface area contributed by atoms with Gasteiger partial charge in [-0.2, -0.15) is 5.10 Å². The van der Waals surface area contributed by atoms with Gasteiger partial charge in [-0.15, -0.1) is 0 Å². The molecule has 0 aliphatic rings. The standard InChI is InChI=1S/C12H12BrClN4O/c1-7-15-11(17-16-7)6-18(2)12(19)9-5-8(13)3-4-10(9)14/h3-5H,6H2,1-2H3,(H,15,16,17). The van der Waals surface area contributed by atoms with Crippen LogP contribution < -0.4 is 0 Å². The zero-order chi connectivity index (χ0) is 14.0. The number of aryl methyl sites for hydroxylation is 1. The summed E-state index contributed by atoms with van der Waals surface area (Å²) in [7, 11) is 1.69. The molecule has 1 amide bonds. The Balaban J connectivity index is 2.16. The van der Waals surface area contributed by atoms with Crippen molar-refractivity contribution in [1.29, 1.82) is 0 Å². The minimum Gasteiger partial charge on any atom is -0.334 e. The van der Waals surface area contributed by atoms with Crippen LogP contribution in [0.5, 0.6) is 0 Å². The number of aromatic nitrogens is 3. The molecule has 0 saturated heterocycles. The van der Waals surface area contributed by atoms with Gasteiger partial charge in [-0.3, -0.25) is 9.89 Å². The Bertz CT molecular complexity index is 614. The second-order valence-corrected chi connectivity index (χ2v) is 5.45. The van der Waals surface area contributed by atoms with Gasteiger partial charge in [0.25, 0.3) is 5.91 Å². The fraction of sp³-hybridized carbons (Fsp3) is 0.250. The van der Waals surface area contributed by atoms with Crippen molar-refractivity contribution < 1.29 is 4.79 Å². The van der Waals surface area contributed by atoms with Crippen LogP contribution in [0.2, 0.25) is 5.02 Å². The second kappa shape index (κ2) is 5.71. The third kappa shape index (κ3) is 3.33.